The molecule has 0 saturated heterocycles. The molecule has 3 N–H and O–H groups in total. The van der Waals surface area contributed by atoms with Crippen molar-refractivity contribution in [3.63, 3.8) is 0 Å². The highest BCUT2D eigenvalue weighted by Gasteiger charge is 2.23. The fraction of sp³-hybridized carbons (Fsp3) is 0.353. The molecule has 0 spiro atoms. The van der Waals surface area contributed by atoms with Crippen LogP contribution in [0, 0.1) is 0 Å². The first-order valence-electron chi connectivity index (χ1n) is 7.74. The molecule has 1 unspecified atom stereocenters. The van der Waals surface area contributed by atoms with Gasteiger partial charge in [0.1, 0.15) is 11.3 Å². The fourth-order valence-corrected chi connectivity index (χ4v) is 2.42. The topological polar surface area (TPSA) is 109 Å². The van der Waals surface area contributed by atoms with Crippen molar-refractivity contribution in [2.45, 2.75) is 39.3 Å². The number of nitrogens with zero attached hydrogens (tertiary/aromatic N) is 1. The van der Waals surface area contributed by atoms with Gasteiger partial charge in [0.15, 0.2) is 0 Å². The summed E-state index contributed by atoms with van der Waals surface area (Å²) in [7, 11) is 0. The van der Waals surface area contributed by atoms with Crippen molar-refractivity contribution in [3.05, 3.63) is 40.2 Å². The summed E-state index contributed by atoms with van der Waals surface area (Å²) in [5, 5.41) is 22.3. The Morgan fingerprint density at radius 2 is 1.96 bits per heavy atom. The SMILES string of the molecule is CCC(C)NC(=O)c1c(O)c2ccccc2n(CCC(=O)O)c1=O. The van der Waals surface area contributed by atoms with E-state index in [0.717, 1.165) is 0 Å². The van der Waals surface area contributed by atoms with Gasteiger partial charge in [0, 0.05) is 18.0 Å². The van der Waals surface area contributed by atoms with E-state index in [4.69, 9.17) is 5.11 Å². The molecule has 0 radical (unpaired) electrons. The Morgan fingerprint density at radius 3 is 2.58 bits per heavy atom. The van der Waals surface area contributed by atoms with Gasteiger partial charge in [-0.2, -0.15) is 0 Å². The largest absolute Gasteiger partial charge is 0.506 e. The minimum atomic E-state index is -1.05. The molecule has 128 valence electrons. The van der Waals surface area contributed by atoms with E-state index in [9.17, 15) is 19.5 Å². The van der Waals surface area contributed by atoms with Crippen molar-refractivity contribution in [3.8, 4) is 5.75 Å². The van der Waals surface area contributed by atoms with Crippen LogP contribution in [0.2, 0.25) is 0 Å². The van der Waals surface area contributed by atoms with Gasteiger partial charge in [-0.3, -0.25) is 14.4 Å². The number of fused-ring (bicyclic) bond motifs is 1. The van der Waals surface area contributed by atoms with Crippen molar-refractivity contribution in [2.24, 2.45) is 0 Å². The minimum Gasteiger partial charge on any atom is -0.506 e. The predicted octanol–water partition coefficient (Wildman–Crippen LogP) is 1.71. The molecule has 0 aliphatic heterocycles. The zero-order chi connectivity index (χ0) is 17.9. The molecule has 0 fully saturated rings. The van der Waals surface area contributed by atoms with Crippen LogP contribution in [-0.4, -0.2) is 32.7 Å². The smallest absolute Gasteiger partial charge is 0.305 e. The Hall–Kier alpha value is -2.83. The highest BCUT2D eigenvalue weighted by molar-refractivity contribution is 6.02. The van der Waals surface area contributed by atoms with E-state index in [0.29, 0.717) is 17.3 Å². The van der Waals surface area contributed by atoms with E-state index in [-0.39, 0.29) is 30.3 Å². The van der Waals surface area contributed by atoms with Gasteiger partial charge in [0.25, 0.3) is 11.5 Å². The van der Waals surface area contributed by atoms with Crippen LogP contribution in [-0.2, 0) is 11.3 Å². The average Bonchev–Trinajstić information content (AvgIpc) is 2.54. The number of aliphatic carboxylic acids is 1. The second-order valence-corrected chi connectivity index (χ2v) is 5.62. The number of carbonyl (C=O) groups is 2. The van der Waals surface area contributed by atoms with Gasteiger partial charge in [0.05, 0.1) is 11.9 Å². The van der Waals surface area contributed by atoms with Crippen LogP contribution >= 0.6 is 0 Å². The third kappa shape index (κ3) is 3.40. The Balaban J connectivity index is 2.65. The van der Waals surface area contributed by atoms with Crippen molar-refractivity contribution in [2.75, 3.05) is 0 Å². The summed E-state index contributed by atoms with van der Waals surface area (Å²) in [5.74, 6) is -2.10. The van der Waals surface area contributed by atoms with Gasteiger partial charge < -0.3 is 20.1 Å². The van der Waals surface area contributed by atoms with E-state index in [1.54, 1.807) is 31.2 Å². The van der Waals surface area contributed by atoms with Gasteiger partial charge in [-0.25, -0.2) is 0 Å². The third-order valence-electron chi connectivity index (χ3n) is 3.91. The summed E-state index contributed by atoms with van der Waals surface area (Å²) in [6, 6.07) is 6.38. The molecule has 24 heavy (non-hydrogen) atoms. The third-order valence-corrected chi connectivity index (χ3v) is 3.91. The lowest BCUT2D eigenvalue weighted by atomic mass is 10.1. The van der Waals surface area contributed by atoms with Gasteiger partial charge in [-0.1, -0.05) is 19.1 Å². The molecule has 0 aliphatic rings. The number of carboxylic acid groups (broad SMARTS) is 1. The molecule has 1 aromatic heterocycles. The second-order valence-electron chi connectivity index (χ2n) is 5.62. The summed E-state index contributed by atoms with van der Waals surface area (Å²) in [4.78, 5) is 35.9. The fourth-order valence-electron chi connectivity index (χ4n) is 2.42. The molecule has 1 amide bonds. The number of rotatable bonds is 6. The Kier molecular flexibility index (Phi) is 5.23. The minimum absolute atomic E-state index is 0.0848. The lowest BCUT2D eigenvalue weighted by Gasteiger charge is -2.16. The lowest BCUT2D eigenvalue weighted by molar-refractivity contribution is -0.137. The number of aromatic nitrogens is 1. The molecular weight excluding hydrogens is 312 g/mol. The highest BCUT2D eigenvalue weighted by atomic mass is 16.4. The molecule has 1 atom stereocenters. The first-order chi connectivity index (χ1) is 11.4. The van der Waals surface area contributed by atoms with Crippen LogP contribution in [0.15, 0.2) is 29.1 Å². The first kappa shape index (κ1) is 17.5. The quantitative estimate of drug-likeness (QED) is 0.746. The number of carbonyl (C=O) groups excluding carboxylic acids is 1. The summed E-state index contributed by atoms with van der Waals surface area (Å²) in [6.07, 6.45) is 0.411. The molecule has 0 bridgehead atoms. The summed E-state index contributed by atoms with van der Waals surface area (Å²) >= 11 is 0. The number of benzene rings is 1. The maximum absolute atomic E-state index is 12.7. The maximum atomic E-state index is 12.7. The van der Waals surface area contributed by atoms with Gasteiger partial charge in [0.2, 0.25) is 0 Å². The summed E-state index contributed by atoms with van der Waals surface area (Å²) < 4.78 is 1.22. The molecule has 0 saturated carbocycles. The van der Waals surface area contributed by atoms with E-state index in [1.165, 1.54) is 4.57 Å². The second kappa shape index (κ2) is 7.16. The molecule has 0 aliphatic carbocycles. The Labute approximate surface area is 138 Å². The van der Waals surface area contributed by atoms with Crippen molar-refractivity contribution in [1.82, 2.24) is 9.88 Å². The van der Waals surface area contributed by atoms with E-state index < -0.39 is 17.4 Å². The number of amides is 1. The van der Waals surface area contributed by atoms with Crippen LogP contribution < -0.4 is 10.9 Å². The number of para-hydroxylation sites is 1. The molecule has 1 heterocycles. The first-order valence-corrected chi connectivity index (χ1v) is 7.74. The molecule has 2 rings (SSSR count). The average molecular weight is 332 g/mol. The van der Waals surface area contributed by atoms with E-state index >= 15 is 0 Å². The predicted molar refractivity (Wildman–Crippen MR) is 89.3 cm³/mol. The number of aromatic hydroxyl groups is 1. The van der Waals surface area contributed by atoms with Crippen molar-refractivity contribution < 1.29 is 19.8 Å². The summed E-state index contributed by atoms with van der Waals surface area (Å²) in [5.41, 5.74) is -0.672. The van der Waals surface area contributed by atoms with Crippen LogP contribution in [0.25, 0.3) is 10.9 Å². The van der Waals surface area contributed by atoms with Gasteiger partial charge >= 0.3 is 5.97 Å². The maximum Gasteiger partial charge on any atom is 0.305 e. The van der Waals surface area contributed by atoms with E-state index in [1.807, 2.05) is 6.92 Å². The summed E-state index contributed by atoms with van der Waals surface area (Å²) in [6.45, 7) is 3.59. The number of carboxylic acids is 1. The zero-order valence-corrected chi connectivity index (χ0v) is 13.6. The number of hydrogen-bond donors (Lipinski definition) is 3. The number of hydrogen-bond acceptors (Lipinski definition) is 4. The standard InChI is InChI=1S/C17H20N2O5/c1-3-10(2)18-16(23)14-15(22)11-6-4-5-7-12(11)19(17(14)24)9-8-13(20)21/h4-7,10,22H,3,8-9H2,1-2H3,(H,18,23)(H,20,21). The van der Waals surface area contributed by atoms with Crippen LogP contribution in [0.4, 0.5) is 0 Å². The van der Waals surface area contributed by atoms with Crippen molar-refractivity contribution in [1.29, 1.82) is 0 Å². The molecule has 7 heteroatoms. The highest BCUT2D eigenvalue weighted by Crippen LogP contribution is 2.26. The number of nitrogens with one attached hydrogen (secondary N) is 1. The van der Waals surface area contributed by atoms with Crippen LogP contribution in [0.5, 0.6) is 5.75 Å². The molecular formula is C17H20N2O5. The molecule has 7 nitrogen and oxygen atoms in total. The van der Waals surface area contributed by atoms with Gasteiger partial charge in [-0.05, 0) is 25.5 Å². The molecule has 2 aromatic rings. The Morgan fingerprint density at radius 1 is 1.29 bits per heavy atom. The van der Waals surface area contributed by atoms with Crippen molar-refractivity contribution >= 4 is 22.8 Å². The van der Waals surface area contributed by atoms with Gasteiger partial charge in [-0.15, -0.1) is 0 Å². The zero-order valence-electron chi connectivity index (χ0n) is 13.6. The normalized spacial score (nSPS) is 12.1. The van der Waals surface area contributed by atoms with Crippen LogP contribution in [0.3, 0.4) is 0 Å². The Bertz CT molecular complexity index is 841. The molecule has 1 aromatic carbocycles. The van der Waals surface area contributed by atoms with Crippen LogP contribution in [0.1, 0.15) is 37.0 Å². The number of aryl methyl sites for hydroxylation is 1. The monoisotopic (exact) mass is 332 g/mol. The number of pyridine rings is 1. The van der Waals surface area contributed by atoms with E-state index in [2.05, 4.69) is 5.32 Å². The lowest BCUT2D eigenvalue weighted by Crippen LogP contribution is -2.37.